The first kappa shape index (κ1) is 18.9. The SMILES string of the molecule is CCOc1nc(=O)c(Br)c(C)n1Cc1ccc(-c2ccccc2C#N)cc1. The van der Waals surface area contributed by atoms with Crippen molar-refractivity contribution in [1.82, 2.24) is 9.55 Å². The van der Waals surface area contributed by atoms with Crippen molar-refractivity contribution in [3.05, 3.63) is 80.2 Å². The zero-order chi connectivity index (χ0) is 19.4. The summed E-state index contributed by atoms with van der Waals surface area (Å²) < 4.78 is 7.85. The Kier molecular flexibility index (Phi) is 5.72. The molecule has 0 radical (unpaired) electrons. The lowest BCUT2D eigenvalue weighted by Gasteiger charge is -2.16. The minimum absolute atomic E-state index is 0.308. The Bertz CT molecular complexity index is 1070. The first-order chi connectivity index (χ1) is 13.0. The molecule has 0 amide bonds. The monoisotopic (exact) mass is 423 g/mol. The summed E-state index contributed by atoms with van der Waals surface area (Å²) in [5, 5.41) is 9.29. The smallest absolute Gasteiger partial charge is 0.300 e. The molecular weight excluding hydrogens is 406 g/mol. The fourth-order valence-electron chi connectivity index (χ4n) is 2.84. The van der Waals surface area contributed by atoms with E-state index in [1.54, 1.807) is 0 Å². The van der Waals surface area contributed by atoms with E-state index in [0.717, 1.165) is 22.4 Å². The van der Waals surface area contributed by atoms with Gasteiger partial charge in [-0.25, -0.2) is 0 Å². The number of hydrogen-bond donors (Lipinski definition) is 0. The topological polar surface area (TPSA) is 67.9 Å². The van der Waals surface area contributed by atoms with Gasteiger partial charge in [0, 0.05) is 5.69 Å². The Morgan fingerprint density at radius 2 is 1.89 bits per heavy atom. The number of nitriles is 1. The maximum absolute atomic E-state index is 11.9. The van der Waals surface area contributed by atoms with Crippen LogP contribution in [0.2, 0.25) is 0 Å². The van der Waals surface area contributed by atoms with Crippen LogP contribution in [-0.4, -0.2) is 16.2 Å². The second-order valence-corrected chi connectivity index (χ2v) is 6.77. The first-order valence-electron chi connectivity index (χ1n) is 8.53. The van der Waals surface area contributed by atoms with Crippen molar-refractivity contribution < 1.29 is 4.74 Å². The Morgan fingerprint density at radius 3 is 2.56 bits per heavy atom. The largest absolute Gasteiger partial charge is 0.465 e. The molecule has 0 aliphatic carbocycles. The lowest BCUT2D eigenvalue weighted by molar-refractivity contribution is 0.290. The van der Waals surface area contributed by atoms with Crippen LogP contribution in [0.5, 0.6) is 6.01 Å². The molecule has 5 nitrogen and oxygen atoms in total. The Balaban J connectivity index is 1.95. The van der Waals surface area contributed by atoms with Crippen LogP contribution < -0.4 is 10.3 Å². The molecule has 0 aliphatic heterocycles. The molecule has 1 aromatic heterocycles. The Morgan fingerprint density at radius 1 is 1.19 bits per heavy atom. The predicted molar refractivity (Wildman–Crippen MR) is 108 cm³/mol. The third-order valence-corrected chi connectivity index (χ3v) is 5.18. The molecule has 0 fully saturated rings. The zero-order valence-corrected chi connectivity index (χ0v) is 16.7. The number of aromatic nitrogens is 2. The van der Waals surface area contributed by atoms with Gasteiger partial charge in [-0.2, -0.15) is 10.2 Å². The van der Waals surface area contributed by atoms with Crippen LogP contribution in [0.15, 0.2) is 57.8 Å². The van der Waals surface area contributed by atoms with Gasteiger partial charge in [-0.1, -0.05) is 42.5 Å². The quantitative estimate of drug-likeness (QED) is 0.613. The van der Waals surface area contributed by atoms with Crippen LogP contribution in [-0.2, 0) is 6.54 Å². The van der Waals surface area contributed by atoms with E-state index in [1.807, 2.05) is 66.9 Å². The minimum atomic E-state index is -0.337. The van der Waals surface area contributed by atoms with Gasteiger partial charge in [-0.15, -0.1) is 0 Å². The second kappa shape index (κ2) is 8.19. The molecule has 6 heteroatoms. The summed E-state index contributed by atoms with van der Waals surface area (Å²) in [4.78, 5) is 15.9. The van der Waals surface area contributed by atoms with Crippen molar-refractivity contribution >= 4 is 15.9 Å². The number of hydrogen-bond acceptors (Lipinski definition) is 4. The van der Waals surface area contributed by atoms with Crippen molar-refractivity contribution in [1.29, 1.82) is 5.26 Å². The molecule has 3 rings (SSSR count). The molecule has 27 heavy (non-hydrogen) atoms. The van der Waals surface area contributed by atoms with Crippen molar-refractivity contribution in [2.45, 2.75) is 20.4 Å². The second-order valence-electron chi connectivity index (χ2n) is 5.97. The molecule has 0 N–H and O–H groups in total. The molecule has 0 unspecified atom stereocenters. The van der Waals surface area contributed by atoms with E-state index in [1.165, 1.54) is 0 Å². The molecule has 1 heterocycles. The summed E-state index contributed by atoms with van der Waals surface area (Å²) in [6.07, 6.45) is 0. The minimum Gasteiger partial charge on any atom is -0.465 e. The molecular formula is C21H18BrN3O2. The lowest BCUT2D eigenvalue weighted by atomic mass is 9.99. The summed E-state index contributed by atoms with van der Waals surface area (Å²) in [5.41, 5.74) is 4.00. The van der Waals surface area contributed by atoms with Gasteiger partial charge >= 0.3 is 0 Å². The van der Waals surface area contributed by atoms with Gasteiger partial charge in [0.15, 0.2) is 0 Å². The first-order valence-corrected chi connectivity index (χ1v) is 9.32. The highest BCUT2D eigenvalue weighted by atomic mass is 79.9. The van der Waals surface area contributed by atoms with Gasteiger partial charge in [0.25, 0.3) is 11.6 Å². The van der Waals surface area contributed by atoms with E-state index in [-0.39, 0.29) is 5.56 Å². The van der Waals surface area contributed by atoms with E-state index >= 15 is 0 Å². The number of halogens is 1. The molecule has 0 spiro atoms. The van der Waals surface area contributed by atoms with Crippen molar-refractivity contribution in [3.63, 3.8) is 0 Å². The standard InChI is InChI=1S/C21H18BrN3O2/c1-3-27-21-24-20(26)19(22)14(2)25(21)13-15-8-10-16(11-9-15)18-7-5-4-6-17(18)12-23/h4-11H,3,13H2,1-2H3. The number of ether oxygens (including phenoxy) is 1. The van der Waals surface area contributed by atoms with Gasteiger partial charge in [0.1, 0.15) is 4.47 Å². The van der Waals surface area contributed by atoms with Crippen molar-refractivity contribution in [2.75, 3.05) is 6.61 Å². The molecule has 136 valence electrons. The molecule has 0 aliphatic rings. The van der Waals surface area contributed by atoms with Gasteiger partial charge in [-0.05, 0) is 52.5 Å². The Labute approximate surface area is 166 Å². The van der Waals surface area contributed by atoms with Crippen LogP contribution in [0.25, 0.3) is 11.1 Å². The van der Waals surface area contributed by atoms with E-state index in [4.69, 9.17) is 4.74 Å². The van der Waals surface area contributed by atoms with Gasteiger partial charge < -0.3 is 4.74 Å². The summed E-state index contributed by atoms with van der Waals surface area (Å²) >= 11 is 3.30. The third-order valence-electron chi connectivity index (χ3n) is 4.26. The van der Waals surface area contributed by atoms with Crippen LogP contribution >= 0.6 is 15.9 Å². The highest BCUT2D eigenvalue weighted by Crippen LogP contribution is 2.24. The summed E-state index contributed by atoms with van der Waals surface area (Å²) in [5.74, 6) is 0. The van der Waals surface area contributed by atoms with E-state index in [2.05, 4.69) is 27.0 Å². The third kappa shape index (κ3) is 3.93. The fourth-order valence-corrected chi connectivity index (χ4v) is 3.15. The molecule has 2 aromatic carbocycles. The summed E-state index contributed by atoms with van der Waals surface area (Å²) in [6, 6.07) is 18.1. The zero-order valence-electron chi connectivity index (χ0n) is 15.1. The molecule has 0 atom stereocenters. The number of rotatable bonds is 5. The highest BCUT2D eigenvalue weighted by Gasteiger charge is 2.14. The molecule has 0 bridgehead atoms. The average Bonchev–Trinajstić information content (AvgIpc) is 2.70. The average molecular weight is 424 g/mol. The van der Waals surface area contributed by atoms with Crippen molar-refractivity contribution in [3.8, 4) is 23.2 Å². The maximum atomic E-state index is 11.9. The maximum Gasteiger partial charge on any atom is 0.300 e. The summed E-state index contributed by atoms with van der Waals surface area (Å²) in [7, 11) is 0. The number of benzene rings is 2. The van der Waals surface area contributed by atoms with Gasteiger partial charge in [-0.3, -0.25) is 9.36 Å². The van der Waals surface area contributed by atoms with E-state index in [0.29, 0.717) is 29.2 Å². The van der Waals surface area contributed by atoms with Crippen LogP contribution in [0.4, 0.5) is 0 Å². The molecule has 0 saturated carbocycles. The van der Waals surface area contributed by atoms with Crippen molar-refractivity contribution in [2.24, 2.45) is 0 Å². The van der Waals surface area contributed by atoms with Crippen LogP contribution in [0.3, 0.4) is 0 Å². The predicted octanol–water partition coefficient (Wildman–Crippen LogP) is 4.30. The van der Waals surface area contributed by atoms with E-state index in [9.17, 15) is 10.1 Å². The van der Waals surface area contributed by atoms with E-state index < -0.39 is 0 Å². The highest BCUT2D eigenvalue weighted by molar-refractivity contribution is 9.10. The molecule has 3 aromatic rings. The normalized spacial score (nSPS) is 10.4. The fraction of sp³-hybridized carbons (Fsp3) is 0.190. The van der Waals surface area contributed by atoms with Gasteiger partial charge in [0.05, 0.1) is 24.8 Å². The molecule has 0 saturated heterocycles. The van der Waals surface area contributed by atoms with Crippen LogP contribution in [0, 0.1) is 18.3 Å². The Hall–Kier alpha value is -2.91. The van der Waals surface area contributed by atoms with Crippen LogP contribution in [0.1, 0.15) is 23.7 Å². The summed E-state index contributed by atoms with van der Waals surface area (Å²) in [6.45, 7) is 4.66. The van der Waals surface area contributed by atoms with Gasteiger partial charge in [0.2, 0.25) is 0 Å². The number of nitrogens with zero attached hydrogens (tertiary/aromatic N) is 3. The lowest BCUT2D eigenvalue weighted by Crippen LogP contribution is -2.20.